The predicted molar refractivity (Wildman–Crippen MR) is 89.7 cm³/mol. The maximum absolute atomic E-state index is 6.06. The molecule has 0 radical (unpaired) electrons. The number of hydrogen-bond acceptors (Lipinski definition) is 3. The highest BCUT2D eigenvalue weighted by atomic mass is 32.1. The molecule has 0 aliphatic carbocycles. The summed E-state index contributed by atoms with van der Waals surface area (Å²) in [5.74, 6) is 0. The molecule has 1 atom stereocenters. The second-order valence-corrected chi connectivity index (χ2v) is 6.23. The molecule has 108 valence electrons. The van der Waals surface area contributed by atoms with Gasteiger partial charge in [-0.1, -0.05) is 24.6 Å². The Morgan fingerprint density at radius 2 is 1.80 bits per heavy atom. The molecule has 1 aromatic heterocycles. The molecule has 0 aliphatic rings. The molecule has 0 amide bonds. The Bertz CT molecular complexity index is 530. The fourth-order valence-corrected chi connectivity index (χ4v) is 3.56. The van der Waals surface area contributed by atoms with Gasteiger partial charge in [0.05, 0.1) is 6.04 Å². The van der Waals surface area contributed by atoms with Gasteiger partial charge in [0.15, 0.2) is 0 Å². The minimum atomic E-state index is 0.271. The van der Waals surface area contributed by atoms with Gasteiger partial charge in [0.2, 0.25) is 0 Å². The van der Waals surface area contributed by atoms with Crippen LogP contribution in [0.4, 0.5) is 5.69 Å². The lowest BCUT2D eigenvalue weighted by atomic mass is 10.1. The number of anilines is 1. The Kier molecular flexibility index (Phi) is 5.21. The molecular weight excluding hydrogens is 264 g/mol. The van der Waals surface area contributed by atoms with Crippen molar-refractivity contribution in [3.05, 3.63) is 51.7 Å². The van der Waals surface area contributed by atoms with Gasteiger partial charge in [-0.3, -0.25) is 0 Å². The average molecular weight is 288 g/mol. The smallest absolute Gasteiger partial charge is 0.0757 e. The molecule has 1 heterocycles. The van der Waals surface area contributed by atoms with E-state index in [-0.39, 0.29) is 6.04 Å². The van der Waals surface area contributed by atoms with Crippen LogP contribution in [0.2, 0.25) is 0 Å². The average Bonchev–Trinajstić information content (AvgIpc) is 2.94. The summed E-state index contributed by atoms with van der Waals surface area (Å²) in [7, 11) is 0. The van der Waals surface area contributed by atoms with Gasteiger partial charge < -0.3 is 10.6 Å². The van der Waals surface area contributed by atoms with E-state index in [4.69, 9.17) is 5.73 Å². The molecule has 2 aromatic rings. The van der Waals surface area contributed by atoms with Gasteiger partial charge in [-0.25, -0.2) is 0 Å². The van der Waals surface area contributed by atoms with E-state index < -0.39 is 0 Å². The normalized spacial score (nSPS) is 12.4. The van der Waals surface area contributed by atoms with Crippen LogP contribution in [0, 0.1) is 6.92 Å². The maximum atomic E-state index is 6.06. The number of aryl methyl sites for hydroxylation is 2. The van der Waals surface area contributed by atoms with Crippen LogP contribution in [0.3, 0.4) is 0 Å². The Balaban J connectivity index is 2.29. The van der Waals surface area contributed by atoms with E-state index in [9.17, 15) is 0 Å². The van der Waals surface area contributed by atoms with Crippen molar-refractivity contribution >= 4 is 17.0 Å². The van der Waals surface area contributed by atoms with Crippen molar-refractivity contribution < 1.29 is 0 Å². The number of benzene rings is 1. The highest BCUT2D eigenvalue weighted by Crippen LogP contribution is 2.31. The van der Waals surface area contributed by atoms with Gasteiger partial charge in [0.1, 0.15) is 0 Å². The van der Waals surface area contributed by atoms with Crippen molar-refractivity contribution in [2.45, 2.75) is 33.2 Å². The van der Waals surface area contributed by atoms with E-state index in [0.717, 1.165) is 13.0 Å². The highest BCUT2D eigenvalue weighted by Gasteiger charge is 2.19. The second-order valence-electron chi connectivity index (χ2n) is 5.03. The molecule has 1 aromatic carbocycles. The molecule has 0 bridgehead atoms. The quantitative estimate of drug-likeness (QED) is 0.865. The third-order valence-corrected chi connectivity index (χ3v) is 5.00. The van der Waals surface area contributed by atoms with E-state index in [1.54, 1.807) is 0 Å². The maximum Gasteiger partial charge on any atom is 0.0757 e. The number of hydrogen-bond donors (Lipinski definition) is 1. The molecule has 2 N–H and O–H groups in total. The van der Waals surface area contributed by atoms with Crippen LogP contribution < -0.4 is 10.6 Å². The summed E-state index contributed by atoms with van der Waals surface area (Å²) >= 11 is 1.89. The van der Waals surface area contributed by atoms with Crippen molar-refractivity contribution in [3.63, 3.8) is 0 Å². The first-order valence-electron chi connectivity index (χ1n) is 7.31. The first-order chi connectivity index (χ1) is 9.69. The number of thiophene rings is 1. The standard InChI is InChI=1S/C17H24N2S/c1-4-15-10-11-17(20-15)16(12-18)19(5-2)14-8-6-13(3)7-9-14/h6-11,16H,4-5,12,18H2,1-3H3. The van der Waals surface area contributed by atoms with E-state index in [1.165, 1.54) is 21.0 Å². The van der Waals surface area contributed by atoms with Crippen molar-refractivity contribution in [1.29, 1.82) is 0 Å². The lowest BCUT2D eigenvalue weighted by molar-refractivity contribution is 0.653. The number of likely N-dealkylation sites (N-methyl/N-ethyl adjacent to an activating group) is 1. The Hall–Kier alpha value is -1.32. The fourth-order valence-electron chi connectivity index (χ4n) is 2.48. The molecule has 2 rings (SSSR count). The zero-order valence-electron chi connectivity index (χ0n) is 12.6. The van der Waals surface area contributed by atoms with Crippen LogP contribution in [0.5, 0.6) is 0 Å². The van der Waals surface area contributed by atoms with Crippen molar-refractivity contribution in [1.82, 2.24) is 0 Å². The molecule has 0 saturated carbocycles. The molecule has 20 heavy (non-hydrogen) atoms. The highest BCUT2D eigenvalue weighted by molar-refractivity contribution is 7.12. The van der Waals surface area contributed by atoms with E-state index in [2.05, 4.69) is 62.1 Å². The summed E-state index contributed by atoms with van der Waals surface area (Å²) in [6, 6.07) is 13.4. The summed E-state index contributed by atoms with van der Waals surface area (Å²) in [6.07, 6.45) is 1.10. The van der Waals surface area contributed by atoms with Crippen LogP contribution in [0.1, 0.15) is 35.2 Å². The summed E-state index contributed by atoms with van der Waals surface area (Å²) in [5.41, 5.74) is 8.60. The summed E-state index contributed by atoms with van der Waals surface area (Å²) in [5, 5.41) is 0. The Labute approximate surface area is 126 Å². The lowest BCUT2D eigenvalue weighted by Gasteiger charge is -2.31. The molecule has 2 nitrogen and oxygen atoms in total. The zero-order chi connectivity index (χ0) is 14.5. The van der Waals surface area contributed by atoms with Gasteiger partial charge in [-0.05, 0) is 44.5 Å². The van der Waals surface area contributed by atoms with Gasteiger partial charge >= 0.3 is 0 Å². The van der Waals surface area contributed by atoms with Gasteiger partial charge in [0, 0.05) is 28.5 Å². The number of nitrogens with zero attached hydrogens (tertiary/aromatic N) is 1. The molecule has 0 spiro atoms. The molecular formula is C17H24N2S. The van der Waals surface area contributed by atoms with Crippen LogP contribution in [-0.4, -0.2) is 13.1 Å². The largest absolute Gasteiger partial charge is 0.363 e. The van der Waals surface area contributed by atoms with E-state index in [1.807, 2.05) is 11.3 Å². The predicted octanol–water partition coefficient (Wildman–Crippen LogP) is 4.15. The van der Waals surface area contributed by atoms with Crippen LogP contribution >= 0.6 is 11.3 Å². The van der Waals surface area contributed by atoms with Gasteiger partial charge in [-0.15, -0.1) is 11.3 Å². The Morgan fingerprint density at radius 3 is 2.30 bits per heavy atom. The lowest BCUT2D eigenvalue weighted by Crippen LogP contribution is -2.33. The molecule has 0 aliphatic heterocycles. The van der Waals surface area contributed by atoms with Crippen LogP contribution in [0.15, 0.2) is 36.4 Å². The second kappa shape index (κ2) is 6.91. The topological polar surface area (TPSA) is 29.3 Å². The van der Waals surface area contributed by atoms with Crippen molar-refractivity contribution in [2.24, 2.45) is 5.73 Å². The van der Waals surface area contributed by atoms with Crippen molar-refractivity contribution in [2.75, 3.05) is 18.0 Å². The van der Waals surface area contributed by atoms with E-state index in [0.29, 0.717) is 6.54 Å². The van der Waals surface area contributed by atoms with Crippen molar-refractivity contribution in [3.8, 4) is 0 Å². The van der Waals surface area contributed by atoms with Crippen LogP contribution in [-0.2, 0) is 6.42 Å². The number of rotatable bonds is 6. The molecule has 1 unspecified atom stereocenters. The monoisotopic (exact) mass is 288 g/mol. The SMILES string of the molecule is CCc1ccc(C(CN)N(CC)c2ccc(C)cc2)s1. The zero-order valence-corrected chi connectivity index (χ0v) is 13.4. The third-order valence-electron chi connectivity index (χ3n) is 3.67. The summed E-state index contributed by atoms with van der Waals surface area (Å²) in [4.78, 5) is 5.19. The fraction of sp³-hybridized carbons (Fsp3) is 0.412. The molecule has 0 saturated heterocycles. The molecule has 0 fully saturated rings. The van der Waals surface area contributed by atoms with Gasteiger partial charge in [0.25, 0.3) is 0 Å². The summed E-state index contributed by atoms with van der Waals surface area (Å²) < 4.78 is 0. The number of nitrogens with two attached hydrogens (primary N) is 1. The van der Waals surface area contributed by atoms with Crippen LogP contribution in [0.25, 0.3) is 0 Å². The first-order valence-corrected chi connectivity index (χ1v) is 8.13. The first kappa shape index (κ1) is 15.1. The van der Waals surface area contributed by atoms with Gasteiger partial charge in [-0.2, -0.15) is 0 Å². The minimum Gasteiger partial charge on any atom is -0.363 e. The Morgan fingerprint density at radius 1 is 1.10 bits per heavy atom. The molecule has 3 heteroatoms. The minimum absolute atomic E-state index is 0.271. The van der Waals surface area contributed by atoms with E-state index >= 15 is 0 Å². The third kappa shape index (κ3) is 3.22. The summed E-state index contributed by atoms with van der Waals surface area (Å²) in [6.45, 7) is 8.12.